The number of rotatable bonds is 54. The van der Waals surface area contributed by atoms with Crippen molar-refractivity contribution in [1.82, 2.24) is 0 Å². The van der Waals surface area contributed by atoms with Gasteiger partial charge >= 0.3 is 0 Å². The Kier molecular flexibility index (Phi) is 46.1. The van der Waals surface area contributed by atoms with Crippen LogP contribution in [0.2, 0.25) is 0 Å². The van der Waals surface area contributed by atoms with Gasteiger partial charge in [-0.2, -0.15) is 0 Å². The van der Waals surface area contributed by atoms with Crippen molar-refractivity contribution in [3.8, 4) is 0 Å². The maximum absolute atomic E-state index is 6.77. The second-order valence-corrected chi connectivity index (χ2v) is 20.7. The highest BCUT2D eigenvalue weighted by Crippen LogP contribution is 2.24. The van der Waals surface area contributed by atoms with Crippen molar-refractivity contribution in [2.24, 2.45) is 40.9 Å². The molecular weight excluding hydrogens is 861 g/mol. The number of hydrogen-bond donors (Lipinski definition) is 0. The molecule has 0 saturated carbocycles. The minimum Gasteiger partial charge on any atom is -0.379 e. The van der Waals surface area contributed by atoms with Crippen LogP contribution in [0, 0.1) is 40.9 Å². The summed E-state index contributed by atoms with van der Waals surface area (Å²) < 4.78 is 86.4. The quantitative estimate of drug-likeness (QED) is 0.0537. The summed E-state index contributed by atoms with van der Waals surface area (Å²) in [6.07, 6.45) is 6.02. The molecule has 1 atom stereocenters. The van der Waals surface area contributed by atoms with Crippen LogP contribution in [0.1, 0.15) is 122 Å². The standard InChI is InChI=1S/C53H108O14/c1-46(2)13-19-54-25-26-60-31-36-65-44-53(67-38-37-59-24-18-51(11)12,43-64-35-30-58-23-17-50(9)10)45-66-42-52(39-61-32-27-55-20-14-47(3)4,40-62-33-28-56-21-15-48(5)6)41-63-34-29-57-22-16-49(7)8/h46-51H,13-45H2,1-12H3. The summed E-state index contributed by atoms with van der Waals surface area (Å²) in [6, 6.07) is 0. The van der Waals surface area contributed by atoms with Gasteiger partial charge in [0.05, 0.1) is 144 Å². The molecule has 0 bridgehead atoms. The fourth-order valence-corrected chi connectivity index (χ4v) is 5.99. The highest BCUT2D eigenvalue weighted by atomic mass is 16.6. The van der Waals surface area contributed by atoms with E-state index in [1.807, 2.05) is 0 Å². The molecule has 0 fully saturated rings. The lowest BCUT2D eigenvalue weighted by Crippen LogP contribution is -2.50. The molecule has 0 rings (SSSR count). The number of ether oxygens (including phenoxy) is 14. The van der Waals surface area contributed by atoms with Gasteiger partial charge in [0.15, 0.2) is 0 Å². The predicted octanol–water partition coefficient (Wildman–Crippen LogP) is 9.22. The molecule has 0 saturated heterocycles. The minimum absolute atomic E-state index is 0.175. The third-order valence-electron chi connectivity index (χ3n) is 10.6. The van der Waals surface area contributed by atoms with Gasteiger partial charge < -0.3 is 66.3 Å². The third-order valence-corrected chi connectivity index (χ3v) is 10.6. The van der Waals surface area contributed by atoms with Crippen LogP contribution in [0.5, 0.6) is 0 Å². The van der Waals surface area contributed by atoms with E-state index in [4.69, 9.17) is 66.3 Å². The Hall–Kier alpha value is -0.560. The monoisotopic (exact) mass is 969 g/mol. The van der Waals surface area contributed by atoms with Crippen LogP contribution < -0.4 is 0 Å². The molecule has 404 valence electrons. The van der Waals surface area contributed by atoms with Gasteiger partial charge in [0.25, 0.3) is 0 Å². The first-order chi connectivity index (χ1) is 32.2. The van der Waals surface area contributed by atoms with E-state index in [-0.39, 0.29) is 26.4 Å². The fraction of sp³-hybridized carbons (Fsp3) is 1.00. The first kappa shape index (κ1) is 66.4. The van der Waals surface area contributed by atoms with E-state index in [9.17, 15) is 0 Å². The van der Waals surface area contributed by atoms with Gasteiger partial charge in [0.2, 0.25) is 0 Å². The van der Waals surface area contributed by atoms with Crippen molar-refractivity contribution in [2.45, 2.75) is 127 Å². The molecular formula is C53H108O14. The molecule has 0 N–H and O–H groups in total. The number of hydrogen-bond acceptors (Lipinski definition) is 14. The molecule has 14 nitrogen and oxygen atoms in total. The van der Waals surface area contributed by atoms with E-state index >= 15 is 0 Å². The Morgan fingerprint density at radius 2 is 0.403 bits per heavy atom. The van der Waals surface area contributed by atoms with E-state index < -0.39 is 11.0 Å². The average molecular weight is 969 g/mol. The SMILES string of the molecule is CC(C)CCOCCOCCOCC(COCCOCCC(C)C)(COCC(COCCOCCC(C)C)(COCCOCCC(C)C)COCCOCCC(C)C)OCCOCCC(C)C. The van der Waals surface area contributed by atoms with E-state index in [1.54, 1.807) is 0 Å². The van der Waals surface area contributed by atoms with Gasteiger partial charge in [-0.15, -0.1) is 0 Å². The molecule has 0 aliphatic carbocycles. The van der Waals surface area contributed by atoms with Gasteiger partial charge in [-0.1, -0.05) is 83.1 Å². The summed E-state index contributed by atoms with van der Waals surface area (Å²) in [5.41, 5.74) is -1.64. The normalized spacial score (nSPS) is 13.5. The van der Waals surface area contributed by atoms with E-state index in [0.717, 1.165) is 45.1 Å². The summed E-state index contributed by atoms with van der Waals surface area (Å²) in [5, 5.41) is 0. The zero-order valence-electron chi connectivity index (χ0n) is 45.5. The maximum Gasteiger partial charge on any atom is 0.138 e. The summed E-state index contributed by atoms with van der Waals surface area (Å²) >= 11 is 0. The van der Waals surface area contributed by atoms with E-state index in [2.05, 4.69) is 83.1 Å². The van der Waals surface area contributed by atoms with Crippen molar-refractivity contribution >= 4 is 0 Å². The molecule has 14 heteroatoms. The first-order valence-electron chi connectivity index (χ1n) is 26.4. The fourth-order valence-electron chi connectivity index (χ4n) is 5.99. The zero-order chi connectivity index (χ0) is 49.7. The summed E-state index contributed by atoms with van der Waals surface area (Å²) in [7, 11) is 0. The smallest absolute Gasteiger partial charge is 0.138 e. The van der Waals surface area contributed by atoms with Crippen LogP contribution >= 0.6 is 0 Å². The topological polar surface area (TPSA) is 129 Å². The Morgan fingerprint density at radius 1 is 0.209 bits per heavy atom. The summed E-state index contributed by atoms with van der Waals surface area (Å²) in [6.45, 7) is 38.8. The molecule has 0 aliphatic heterocycles. The Balaban J connectivity index is 6.28. The Labute approximate surface area is 411 Å². The lowest BCUT2D eigenvalue weighted by atomic mass is 9.92. The van der Waals surface area contributed by atoms with Crippen molar-refractivity contribution in [1.29, 1.82) is 0 Å². The van der Waals surface area contributed by atoms with Gasteiger partial charge in [-0.05, 0) is 74.0 Å². The zero-order valence-corrected chi connectivity index (χ0v) is 45.5. The molecule has 1 unspecified atom stereocenters. The van der Waals surface area contributed by atoms with Crippen LogP contribution in [-0.2, 0) is 66.3 Å². The van der Waals surface area contributed by atoms with Crippen molar-refractivity contribution in [3.05, 3.63) is 0 Å². The van der Waals surface area contributed by atoms with Crippen molar-refractivity contribution in [2.75, 3.05) is 178 Å². The third kappa shape index (κ3) is 46.3. The molecule has 67 heavy (non-hydrogen) atoms. The van der Waals surface area contributed by atoms with E-state index in [0.29, 0.717) is 181 Å². The lowest BCUT2D eigenvalue weighted by molar-refractivity contribution is -0.189. The van der Waals surface area contributed by atoms with Crippen LogP contribution in [0.15, 0.2) is 0 Å². The van der Waals surface area contributed by atoms with Crippen molar-refractivity contribution < 1.29 is 66.3 Å². The second kappa shape index (κ2) is 46.5. The summed E-state index contributed by atoms with van der Waals surface area (Å²) in [5.74, 6) is 3.47. The Morgan fingerprint density at radius 3 is 0.672 bits per heavy atom. The molecule has 0 aromatic rings. The molecule has 0 radical (unpaired) electrons. The first-order valence-corrected chi connectivity index (χ1v) is 26.4. The van der Waals surface area contributed by atoms with Crippen molar-refractivity contribution in [3.63, 3.8) is 0 Å². The molecule has 0 heterocycles. The van der Waals surface area contributed by atoms with Gasteiger partial charge in [0.1, 0.15) is 5.60 Å². The highest BCUT2D eigenvalue weighted by molar-refractivity contribution is 4.84. The largest absolute Gasteiger partial charge is 0.379 e. The van der Waals surface area contributed by atoms with Crippen LogP contribution in [0.25, 0.3) is 0 Å². The van der Waals surface area contributed by atoms with Gasteiger partial charge in [0, 0.05) is 39.6 Å². The average Bonchev–Trinajstić information content (AvgIpc) is 3.26. The highest BCUT2D eigenvalue weighted by Gasteiger charge is 2.37. The molecule has 0 aliphatic rings. The second-order valence-electron chi connectivity index (χ2n) is 20.7. The molecule has 0 spiro atoms. The van der Waals surface area contributed by atoms with Crippen LogP contribution in [-0.4, -0.2) is 184 Å². The Bertz CT molecular complexity index is 946. The molecule has 0 aromatic heterocycles. The predicted molar refractivity (Wildman–Crippen MR) is 268 cm³/mol. The van der Waals surface area contributed by atoms with E-state index in [1.165, 1.54) is 0 Å². The van der Waals surface area contributed by atoms with Crippen LogP contribution in [0.3, 0.4) is 0 Å². The van der Waals surface area contributed by atoms with Crippen LogP contribution in [0.4, 0.5) is 0 Å². The van der Waals surface area contributed by atoms with Gasteiger partial charge in [-0.25, -0.2) is 0 Å². The minimum atomic E-state index is -0.966. The lowest BCUT2D eigenvalue weighted by Gasteiger charge is -2.37. The maximum atomic E-state index is 6.77. The summed E-state index contributed by atoms with van der Waals surface area (Å²) in [4.78, 5) is 0. The molecule has 0 amide bonds. The molecule has 0 aromatic carbocycles. The van der Waals surface area contributed by atoms with Gasteiger partial charge in [-0.3, -0.25) is 0 Å².